The van der Waals surface area contributed by atoms with E-state index in [1.165, 1.54) is 12.8 Å². The molecule has 1 aromatic carbocycles. The number of ether oxygens (including phenoxy) is 1. The minimum absolute atomic E-state index is 0.718. The molecule has 1 N–H and O–H groups in total. The van der Waals surface area contributed by atoms with E-state index < -0.39 is 0 Å². The topological polar surface area (TPSA) is 21.3 Å². The first-order chi connectivity index (χ1) is 7.76. The van der Waals surface area contributed by atoms with Crippen LogP contribution in [-0.2, 0) is 0 Å². The molecule has 0 aliphatic rings. The van der Waals surface area contributed by atoms with E-state index in [0.717, 1.165) is 30.5 Å². The van der Waals surface area contributed by atoms with Crippen molar-refractivity contribution < 1.29 is 4.74 Å². The molecule has 16 heavy (non-hydrogen) atoms. The predicted molar refractivity (Wildman–Crippen MR) is 70.2 cm³/mol. The Bertz CT molecular complexity index is 299. The zero-order valence-electron chi connectivity index (χ0n) is 10.6. The number of benzene rings is 1. The maximum absolute atomic E-state index is 5.46. The maximum atomic E-state index is 5.46. The molecule has 2 heteroatoms. The van der Waals surface area contributed by atoms with E-state index in [1.807, 2.05) is 19.1 Å². The summed E-state index contributed by atoms with van der Waals surface area (Å²) in [5, 5.41) is 3.45. The van der Waals surface area contributed by atoms with Gasteiger partial charge in [-0.1, -0.05) is 26.3 Å². The second-order valence-corrected chi connectivity index (χ2v) is 4.24. The average Bonchev–Trinajstić information content (AvgIpc) is 2.28. The smallest absolute Gasteiger partial charge is 0.121 e. The average molecular weight is 221 g/mol. The summed E-state index contributed by atoms with van der Waals surface area (Å²) in [4.78, 5) is 0. The number of hydrogen-bond donors (Lipinski definition) is 1. The van der Waals surface area contributed by atoms with Crippen molar-refractivity contribution in [2.24, 2.45) is 5.92 Å². The highest BCUT2D eigenvalue weighted by Crippen LogP contribution is 2.18. The summed E-state index contributed by atoms with van der Waals surface area (Å²) in [5.74, 6) is 1.66. The Kier molecular flexibility index (Phi) is 5.76. The van der Waals surface area contributed by atoms with E-state index in [9.17, 15) is 0 Å². The molecule has 0 saturated carbocycles. The van der Waals surface area contributed by atoms with E-state index in [0.29, 0.717) is 0 Å². The molecule has 0 bridgehead atoms. The molecule has 1 aromatic rings. The normalized spacial score (nSPS) is 12.2. The highest BCUT2D eigenvalue weighted by Gasteiger charge is 2.01. The van der Waals surface area contributed by atoms with Gasteiger partial charge in [0.05, 0.1) is 6.61 Å². The van der Waals surface area contributed by atoms with Crippen molar-refractivity contribution in [3.63, 3.8) is 0 Å². The second kappa shape index (κ2) is 7.15. The summed E-state index contributed by atoms with van der Waals surface area (Å²) in [5.41, 5.74) is 1.15. The van der Waals surface area contributed by atoms with Gasteiger partial charge in [-0.25, -0.2) is 0 Å². The highest BCUT2D eigenvalue weighted by atomic mass is 16.5. The van der Waals surface area contributed by atoms with Crippen LogP contribution in [0.5, 0.6) is 5.75 Å². The molecule has 0 radical (unpaired) electrons. The molecule has 0 heterocycles. The lowest BCUT2D eigenvalue weighted by molar-refractivity contribution is 0.340. The fourth-order valence-corrected chi connectivity index (χ4v) is 1.75. The zero-order valence-corrected chi connectivity index (χ0v) is 10.6. The number of anilines is 1. The summed E-state index contributed by atoms with van der Waals surface area (Å²) in [7, 11) is 0. The minimum atomic E-state index is 0.718. The van der Waals surface area contributed by atoms with Gasteiger partial charge < -0.3 is 10.1 Å². The summed E-state index contributed by atoms with van der Waals surface area (Å²) in [6.07, 6.45) is 2.53. The van der Waals surface area contributed by atoms with Crippen molar-refractivity contribution in [2.75, 3.05) is 18.5 Å². The van der Waals surface area contributed by atoms with Crippen LogP contribution < -0.4 is 10.1 Å². The molecule has 90 valence electrons. The van der Waals surface area contributed by atoms with Crippen molar-refractivity contribution >= 4 is 5.69 Å². The lowest BCUT2D eigenvalue weighted by Crippen LogP contribution is -2.10. The largest absolute Gasteiger partial charge is 0.494 e. The van der Waals surface area contributed by atoms with Crippen molar-refractivity contribution in [1.82, 2.24) is 0 Å². The molecular weight excluding hydrogens is 198 g/mol. The third-order valence-electron chi connectivity index (χ3n) is 2.58. The van der Waals surface area contributed by atoms with Crippen LogP contribution in [-0.4, -0.2) is 13.2 Å². The van der Waals surface area contributed by atoms with Crippen molar-refractivity contribution in [3.05, 3.63) is 24.3 Å². The first-order valence-corrected chi connectivity index (χ1v) is 6.23. The molecule has 0 fully saturated rings. The van der Waals surface area contributed by atoms with Crippen molar-refractivity contribution in [1.29, 1.82) is 0 Å². The fraction of sp³-hybridized carbons (Fsp3) is 0.571. The van der Waals surface area contributed by atoms with E-state index in [-0.39, 0.29) is 0 Å². The molecule has 1 rings (SSSR count). The van der Waals surface area contributed by atoms with Crippen LogP contribution in [0.25, 0.3) is 0 Å². The standard InChI is InChI=1S/C14H23NO/c1-4-7-12(3)11-15-13-8-6-9-14(10-13)16-5-2/h6,8-10,12,15H,4-5,7,11H2,1-3H3. The monoisotopic (exact) mass is 221 g/mol. The van der Waals surface area contributed by atoms with Gasteiger partial charge in [0.2, 0.25) is 0 Å². The van der Waals surface area contributed by atoms with Gasteiger partial charge in [-0.05, 0) is 31.4 Å². The van der Waals surface area contributed by atoms with E-state index in [2.05, 4.69) is 31.3 Å². The first kappa shape index (κ1) is 12.9. The van der Waals surface area contributed by atoms with Gasteiger partial charge in [-0.15, -0.1) is 0 Å². The minimum Gasteiger partial charge on any atom is -0.494 e. The zero-order chi connectivity index (χ0) is 11.8. The summed E-state index contributed by atoms with van der Waals surface area (Å²) in [6, 6.07) is 8.16. The number of hydrogen-bond acceptors (Lipinski definition) is 2. The van der Waals surface area contributed by atoms with Crippen molar-refractivity contribution in [2.45, 2.75) is 33.6 Å². The Hall–Kier alpha value is -1.18. The lowest BCUT2D eigenvalue weighted by atomic mass is 10.1. The first-order valence-electron chi connectivity index (χ1n) is 6.23. The molecule has 0 amide bonds. The SMILES string of the molecule is CCCC(C)CNc1cccc(OCC)c1. The third-order valence-corrected chi connectivity index (χ3v) is 2.58. The Morgan fingerprint density at radius 2 is 2.12 bits per heavy atom. The van der Waals surface area contributed by atoms with Gasteiger partial charge in [-0.3, -0.25) is 0 Å². The Morgan fingerprint density at radius 3 is 2.81 bits per heavy atom. The van der Waals surface area contributed by atoms with Gasteiger partial charge >= 0.3 is 0 Å². The Labute approximate surface area is 99.0 Å². The molecule has 0 spiro atoms. The Balaban J connectivity index is 2.44. The van der Waals surface area contributed by atoms with Gasteiger partial charge in [0.25, 0.3) is 0 Å². The third kappa shape index (κ3) is 4.56. The van der Waals surface area contributed by atoms with Gasteiger partial charge in [-0.2, -0.15) is 0 Å². The van der Waals surface area contributed by atoms with Gasteiger partial charge in [0.15, 0.2) is 0 Å². The molecule has 0 aliphatic carbocycles. The molecule has 0 aliphatic heterocycles. The molecule has 1 unspecified atom stereocenters. The van der Waals surface area contributed by atoms with Gasteiger partial charge in [0, 0.05) is 18.3 Å². The van der Waals surface area contributed by atoms with Crippen LogP contribution in [0.15, 0.2) is 24.3 Å². The quantitative estimate of drug-likeness (QED) is 0.753. The second-order valence-electron chi connectivity index (χ2n) is 4.24. The summed E-state index contributed by atoms with van der Waals surface area (Å²) in [6.45, 7) is 8.26. The van der Waals surface area contributed by atoms with Crippen LogP contribution in [0.1, 0.15) is 33.6 Å². The van der Waals surface area contributed by atoms with E-state index in [1.54, 1.807) is 0 Å². The van der Waals surface area contributed by atoms with Crippen LogP contribution in [0.3, 0.4) is 0 Å². The van der Waals surface area contributed by atoms with Crippen LogP contribution in [0.4, 0.5) is 5.69 Å². The fourth-order valence-electron chi connectivity index (χ4n) is 1.75. The lowest BCUT2D eigenvalue weighted by Gasteiger charge is -2.13. The molecule has 1 atom stereocenters. The van der Waals surface area contributed by atoms with Crippen LogP contribution >= 0.6 is 0 Å². The van der Waals surface area contributed by atoms with Crippen LogP contribution in [0, 0.1) is 5.92 Å². The molecule has 0 aromatic heterocycles. The highest BCUT2D eigenvalue weighted by molar-refractivity contribution is 5.48. The summed E-state index contributed by atoms with van der Waals surface area (Å²) >= 11 is 0. The molecule has 2 nitrogen and oxygen atoms in total. The van der Waals surface area contributed by atoms with Crippen molar-refractivity contribution in [3.8, 4) is 5.75 Å². The predicted octanol–water partition coefficient (Wildman–Crippen LogP) is 3.93. The molecular formula is C14H23NO. The van der Waals surface area contributed by atoms with E-state index >= 15 is 0 Å². The summed E-state index contributed by atoms with van der Waals surface area (Å²) < 4.78 is 5.46. The Morgan fingerprint density at radius 1 is 1.31 bits per heavy atom. The number of nitrogens with one attached hydrogen (secondary N) is 1. The maximum Gasteiger partial charge on any atom is 0.121 e. The van der Waals surface area contributed by atoms with E-state index in [4.69, 9.17) is 4.74 Å². The molecule has 0 saturated heterocycles. The van der Waals surface area contributed by atoms with Crippen LogP contribution in [0.2, 0.25) is 0 Å². The van der Waals surface area contributed by atoms with Gasteiger partial charge in [0.1, 0.15) is 5.75 Å². The number of rotatable bonds is 7.